The van der Waals surface area contributed by atoms with Crippen LogP contribution in [0.3, 0.4) is 0 Å². The lowest BCUT2D eigenvalue weighted by molar-refractivity contribution is -0.00652. The number of halogens is 1. The average Bonchev–Trinajstić information content (AvgIpc) is 3.32. The normalized spacial score (nSPS) is 21.2. The molecule has 1 saturated heterocycles. The van der Waals surface area contributed by atoms with E-state index in [1.165, 1.54) is 23.0 Å². The monoisotopic (exact) mass is 415 g/mol. The third kappa shape index (κ3) is 4.69. The second-order valence-corrected chi connectivity index (χ2v) is 9.57. The molecule has 2 atom stereocenters. The van der Waals surface area contributed by atoms with Crippen LogP contribution < -0.4 is 0 Å². The zero-order chi connectivity index (χ0) is 21.1. The fourth-order valence-electron chi connectivity index (χ4n) is 4.31. The van der Waals surface area contributed by atoms with Gasteiger partial charge in [-0.3, -0.25) is 9.88 Å². The molecule has 0 aromatic carbocycles. The Morgan fingerprint density at radius 3 is 2.76 bits per heavy atom. The first-order valence-corrected chi connectivity index (χ1v) is 11.1. The fraction of sp³-hybridized carbons (Fsp3) is 0.565. The molecule has 2 aromatic rings. The molecule has 0 saturated carbocycles. The van der Waals surface area contributed by atoms with Crippen molar-refractivity contribution >= 4 is 11.3 Å². The summed E-state index contributed by atoms with van der Waals surface area (Å²) >= 11 is 1.19. The molecule has 29 heavy (non-hydrogen) atoms. The molecule has 6 heteroatoms. The van der Waals surface area contributed by atoms with Gasteiger partial charge in [-0.15, -0.1) is 11.3 Å². The van der Waals surface area contributed by atoms with Crippen molar-refractivity contribution in [3.8, 4) is 6.07 Å². The Hall–Kier alpha value is -1.81. The first-order valence-electron chi connectivity index (χ1n) is 10.2. The van der Waals surface area contributed by atoms with Crippen LogP contribution in [0.15, 0.2) is 30.5 Å². The lowest BCUT2D eigenvalue weighted by atomic mass is 9.77. The number of hydrogen-bond acceptors (Lipinski definition) is 5. The second kappa shape index (κ2) is 8.91. The molecule has 1 unspecified atom stereocenters. The molecule has 3 rings (SSSR count). The molecule has 1 fully saturated rings. The highest BCUT2D eigenvalue weighted by molar-refractivity contribution is 7.10. The highest BCUT2D eigenvalue weighted by Gasteiger charge is 2.48. The van der Waals surface area contributed by atoms with Crippen LogP contribution in [0.2, 0.25) is 0 Å². The maximum atomic E-state index is 13.4. The van der Waals surface area contributed by atoms with Crippen LogP contribution in [0.1, 0.15) is 49.7 Å². The van der Waals surface area contributed by atoms with Crippen molar-refractivity contribution in [3.63, 3.8) is 0 Å². The van der Waals surface area contributed by atoms with Gasteiger partial charge in [-0.1, -0.05) is 6.07 Å². The van der Waals surface area contributed by atoms with Crippen LogP contribution in [0.4, 0.5) is 4.39 Å². The number of nitrogens with zero attached hydrogens (tertiary/aromatic N) is 3. The Morgan fingerprint density at radius 2 is 2.17 bits per heavy atom. The predicted molar refractivity (Wildman–Crippen MR) is 114 cm³/mol. The summed E-state index contributed by atoms with van der Waals surface area (Å²) in [5.74, 6) is 0. The summed E-state index contributed by atoms with van der Waals surface area (Å²) in [7, 11) is 0. The zero-order valence-corrected chi connectivity index (χ0v) is 18.6. The molecule has 156 valence electrons. The number of ether oxygens (including phenoxy) is 1. The molecule has 2 aromatic heterocycles. The van der Waals surface area contributed by atoms with Gasteiger partial charge in [-0.2, -0.15) is 9.65 Å². The average molecular weight is 416 g/mol. The topological polar surface area (TPSA) is 49.1 Å². The van der Waals surface area contributed by atoms with Crippen molar-refractivity contribution in [1.29, 1.82) is 5.26 Å². The number of aromatic nitrogens is 1. The van der Waals surface area contributed by atoms with Crippen LogP contribution >= 0.6 is 11.3 Å². The lowest BCUT2D eigenvalue weighted by Crippen LogP contribution is -2.45. The zero-order valence-electron chi connectivity index (χ0n) is 17.7. The van der Waals surface area contributed by atoms with Gasteiger partial charge in [-0.25, -0.2) is 0 Å². The van der Waals surface area contributed by atoms with E-state index in [1.807, 2.05) is 32.2 Å². The minimum absolute atomic E-state index is 0.156. The van der Waals surface area contributed by atoms with Gasteiger partial charge in [0.1, 0.15) is 0 Å². The molecular formula is C23H30FN3OS. The van der Waals surface area contributed by atoms with Crippen LogP contribution in [0.5, 0.6) is 0 Å². The minimum Gasteiger partial charge on any atom is -0.363 e. The van der Waals surface area contributed by atoms with E-state index in [9.17, 15) is 9.65 Å². The van der Waals surface area contributed by atoms with E-state index in [2.05, 4.69) is 35.9 Å². The third-order valence-electron chi connectivity index (χ3n) is 6.30. The number of pyridine rings is 1. The Labute approximate surface area is 177 Å². The maximum Gasteiger partial charge on any atom is 0.176 e. The molecule has 0 aliphatic carbocycles. The Bertz CT molecular complexity index is 858. The quantitative estimate of drug-likeness (QED) is 0.603. The molecule has 1 aliphatic rings. The summed E-state index contributed by atoms with van der Waals surface area (Å²) in [5, 5.41) is 9.70. The fourth-order valence-corrected chi connectivity index (χ4v) is 5.04. The molecular weight excluding hydrogens is 385 g/mol. The number of rotatable bonds is 8. The molecule has 0 spiro atoms. The summed E-state index contributed by atoms with van der Waals surface area (Å²) in [6.45, 7) is 10.5. The summed E-state index contributed by atoms with van der Waals surface area (Å²) < 4.78 is 19.3. The van der Waals surface area contributed by atoms with E-state index in [0.717, 1.165) is 42.9 Å². The van der Waals surface area contributed by atoms with Gasteiger partial charge in [0, 0.05) is 40.9 Å². The summed E-state index contributed by atoms with van der Waals surface area (Å²) in [6.07, 6.45) is 3.95. The van der Waals surface area contributed by atoms with E-state index < -0.39 is 6.10 Å². The molecule has 0 radical (unpaired) electrons. The Morgan fingerprint density at radius 1 is 1.38 bits per heavy atom. The van der Waals surface area contributed by atoms with Crippen molar-refractivity contribution in [2.45, 2.75) is 58.6 Å². The number of thiophene rings is 1. The van der Waals surface area contributed by atoms with Gasteiger partial charge in [-0.05, 0) is 77.3 Å². The number of nitriles is 1. The van der Waals surface area contributed by atoms with Crippen LogP contribution in [-0.2, 0) is 16.7 Å². The number of hydrogen-bond donors (Lipinski definition) is 0. The van der Waals surface area contributed by atoms with Crippen LogP contribution in [0.25, 0.3) is 0 Å². The first kappa shape index (κ1) is 21.9. The van der Waals surface area contributed by atoms with E-state index in [4.69, 9.17) is 4.74 Å². The van der Waals surface area contributed by atoms with Crippen molar-refractivity contribution < 1.29 is 9.13 Å². The van der Waals surface area contributed by atoms with Crippen molar-refractivity contribution in [2.24, 2.45) is 5.41 Å². The highest BCUT2D eigenvalue weighted by atomic mass is 32.1. The molecule has 3 heterocycles. The van der Waals surface area contributed by atoms with Crippen molar-refractivity contribution in [2.75, 3.05) is 19.7 Å². The van der Waals surface area contributed by atoms with Crippen LogP contribution in [0, 0.1) is 28.8 Å². The van der Waals surface area contributed by atoms with Crippen molar-refractivity contribution in [3.05, 3.63) is 51.7 Å². The third-order valence-corrected chi connectivity index (χ3v) is 7.23. The molecule has 0 N–H and O–H groups in total. The van der Waals surface area contributed by atoms with Gasteiger partial charge >= 0.3 is 0 Å². The van der Waals surface area contributed by atoms with Gasteiger partial charge in [0.2, 0.25) is 0 Å². The molecule has 0 bridgehead atoms. The SMILES string of the molecule is CCOC(C#N)[C@]1(CCc2ccc(F)s2)CCN(C(C)(C)c2ccc(C)nc2)C1. The molecule has 0 amide bonds. The first-order chi connectivity index (χ1) is 13.8. The van der Waals surface area contributed by atoms with Crippen LogP contribution in [-0.4, -0.2) is 35.7 Å². The van der Waals surface area contributed by atoms with Gasteiger partial charge in [0.25, 0.3) is 0 Å². The summed E-state index contributed by atoms with van der Waals surface area (Å²) in [5.41, 5.74) is 1.72. The number of aryl methyl sites for hydroxylation is 2. The summed E-state index contributed by atoms with van der Waals surface area (Å²) in [6, 6.07) is 9.97. The summed E-state index contributed by atoms with van der Waals surface area (Å²) in [4.78, 5) is 7.94. The standard InChI is InChI=1S/C23H30FN3OS/c1-5-28-20(14-25)23(11-10-19-8-9-21(24)29-19)12-13-27(16-23)22(3,4)18-7-6-17(2)26-15-18/h6-9,15,20H,5,10-13,16H2,1-4H3/t20?,23-/m1/s1. The largest absolute Gasteiger partial charge is 0.363 e. The molecule has 4 nitrogen and oxygen atoms in total. The maximum absolute atomic E-state index is 13.4. The lowest BCUT2D eigenvalue weighted by Gasteiger charge is -2.39. The van der Waals surface area contributed by atoms with E-state index in [0.29, 0.717) is 6.61 Å². The smallest absolute Gasteiger partial charge is 0.176 e. The minimum atomic E-state index is -0.464. The Balaban J connectivity index is 1.83. The van der Waals surface area contributed by atoms with Crippen molar-refractivity contribution in [1.82, 2.24) is 9.88 Å². The predicted octanol–water partition coefficient (Wildman–Crippen LogP) is 5.08. The van der Waals surface area contributed by atoms with Gasteiger partial charge < -0.3 is 4.74 Å². The second-order valence-electron chi connectivity index (χ2n) is 8.45. The Kier molecular flexibility index (Phi) is 6.72. The van der Waals surface area contributed by atoms with Gasteiger partial charge in [0.15, 0.2) is 11.2 Å². The molecule has 1 aliphatic heterocycles. The highest BCUT2D eigenvalue weighted by Crippen LogP contribution is 2.44. The van der Waals surface area contributed by atoms with E-state index in [-0.39, 0.29) is 16.1 Å². The van der Waals surface area contributed by atoms with Gasteiger partial charge in [0.05, 0.1) is 6.07 Å². The number of likely N-dealkylation sites (tertiary alicyclic amines) is 1. The van der Waals surface area contributed by atoms with E-state index >= 15 is 0 Å². The van der Waals surface area contributed by atoms with E-state index in [1.54, 1.807) is 0 Å².